The van der Waals surface area contributed by atoms with Crippen molar-refractivity contribution in [2.45, 2.75) is 12.5 Å². The van der Waals surface area contributed by atoms with E-state index < -0.39 is 23.8 Å². The molecule has 2 aromatic carbocycles. The van der Waals surface area contributed by atoms with Gasteiger partial charge in [0.25, 0.3) is 5.91 Å². The number of ether oxygens (including phenoxy) is 1. The molecule has 0 saturated carbocycles. The van der Waals surface area contributed by atoms with Gasteiger partial charge in [0.2, 0.25) is 0 Å². The summed E-state index contributed by atoms with van der Waals surface area (Å²) in [6.45, 7) is 0. The first kappa shape index (κ1) is 14.5. The van der Waals surface area contributed by atoms with Gasteiger partial charge in [0, 0.05) is 17.1 Å². The molecule has 0 aromatic heterocycles. The third-order valence-corrected chi connectivity index (χ3v) is 3.56. The fourth-order valence-electron chi connectivity index (χ4n) is 2.30. The summed E-state index contributed by atoms with van der Waals surface area (Å²) in [5, 5.41) is 3.10. The van der Waals surface area contributed by atoms with Crippen molar-refractivity contribution in [1.29, 1.82) is 0 Å². The van der Waals surface area contributed by atoms with Crippen molar-refractivity contribution in [2.75, 3.05) is 5.32 Å². The molecule has 1 aliphatic rings. The highest BCUT2D eigenvalue weighted by Gasteiger charge is 2.31. The molecule has 0 fully saturated rings. The lowest BCUT2D eigenvalue weighted by Crippen LogP contribution is -2.38. The Balaban J connectivity index is 1.79. The van der Waals surface area contributed by atoms with Crippen LogP contribution < -0.4 is 5.32 Å². The molecule has 6 heteroatoms. The highest BCUT2D eigenvalue weighted by Crippen LogP contribution is 2.23. The highest BCUT2D eigenvalue weighted by molar-refractivity contribution is 6.30. The maximum atomic E-state index is 13.3. The lowest BCUT2D eigenvalue weighted by atomic mass is 9.98. The molecule has 1 unspecified atom stereocenters. The Bertz CT molecular complexity index is 763. The van der Waals surface area contributed by atoms with Crippen LogP contribution in [0.15, 0.2) is 42.5 Å². The minimum absolute atomic E-state index is 0.130. The van der Waals surface area contributed by atoms with Gasteiger partial charge in [-0.2, -0.15) is 0 Å². The Hall–Kier alpha value is -2.40. The zero-order valence-corrected chi connectivity index (χ0v) is 12.1. The summed E-state index contributed by atoms with van der Waals surface area (Å²) in [4.78, 5) is 24.1. The van der Waals surface area contributed by atoms with E-state index in [9.17, 15) is 14.0 Å². The van der Waals surface area contributed by atoms with Crippen LogP contribution >= 0.6 is 11.6 Å². The lowest BCUT2D eigenvalue weighted by molar-refractivity contribution is -0.125. The number of carbonyl (C=O) groups excluding carboxylic acids is 2. The van der Waals surface area contributed by atoms with E-state index in [0.29, 0.717) is 16.3 Å². The minimum atomic E-state index is -0.999. The monoisotopic (exact) mass is 319 g/mol. The molecule has 1 amide bonds. The van der Waals surface area contributed by atoms with Gasteiger partial charge >= 0.3 is 5.97 Å². The number of hydrogen-bond donors (Lipinski definition) is 1. The zero-order chi connectivity index (χ0) is 15.7. The number of anilines is 1. The number of cyclic esters (lactones) is 1. The minimum Gasteiger partial charge on any atom is -0.448 e. The van der Waals surface area contributed by atoms with Gasteiger partial charge < -0.3 is 10.1 Å². The van der Waals surface area contributed by atoms with Crippen molar-refractivity contribution in [3.05, 3.63) is 64.4 Å². The van der Waals surface area contributed by atoms with E-state index in [1.54, 1.807) is 24.3 Å². The van der Waals surface area contributed by atoms with Crippen molar-refractivity contribution in [1.82, 2.24) is 0 Å². The fraction of sp³-hybridized carbons (Fsp3) is 0.125. The number of carbonyl (C=O) groups is 2. The summed E-state index contributed by atoms with van der Waals surface area (Å²) in [6.07, 6.45) is -0.869. The van der Waals surface area contributed by atoms with E-state index >= 15 is 0 Å². The second kappa shape index (κ2) is 5.77. The molecular formula is C16H11ClFNO3. The van der Waals surface area contributed by atoms with Gasteiger partial charge in [-0.25, -0.2) is 9.18 Å². The van der Waals surface area contributed by atoms with E-state index in [1.165, 1.54) is 18.2 Å². The topological polar surface area (TPSA) is 55.4 Å². The molecule has 1 heterocycles. The summed E-state index contributed by atoms with van der Waals surface area (Å²) < 4.78 is 18.4. The Kier molecular flexibility index (Phi) is 3.81. The molecule has 0 bridgehead atoms. The van der Waals surface area contributed by atoms with Gasteiger partial charge in [0.15, 0.2) is 6.10 Å². The molecule has 1 atom stereocenters. The number of hydrogen-bond acceptors (Lipinski definition) is 3. The molecule has 0 spiro atoms. The SMILES string of the molecule is O=C1OC(C(=O)Nc2cccc(Cl)c2)Cc2cc(F)ccc21. The number of esters is 1. The number of nitrogens with one attached hydrogen (secondary N) is 1. The van der Waals surface area contributed by atoms with Crippen LogP contribution in [0.3, 0.4) is 0 Å². The second-order valence-corrected chi connectivity index (χ2v) is 5.34. The molecule has 0 aliphatic carbocycles. The molecule has 0 radical (unpaired) electrons. The van der Waals surface area contributed by atoms with Crippen LogP contribution in [-0.4, -0.2) is 18.0 Å². The third kappa shape index (κ3) is 2.94. The average Bonchev–Trinajstić information content (AvgIpc) is 2.46. The summed E-state index contributed by atoms with van der Waals surface area (Å²) in [6, 6.07) is 10.4. The summed E-state index contributed by atoms with van der Waals surface area (Å²) in [7, 11) is 0. The Morgan fingerprint density at radius 3 is 2.86 bits per heavy atom. The highest BCUT2D eigenvalue weighted by atomic mass is 35.5. The van der Waals surface area contributed by atoms with Gasteiger partial charge in [-0.15, -0.1) is 0 Å². The van der Waals surface area contributed by atoms with Gasteiger partial charge in [-0.3, -0.25) is 4.79 Å². The molecule has 0 saturated heterocycles. The van der Waals surface area contributed by atoms with Crippen LogP contribution in [0, 0.1) is 5.82 Å². The number of amides is 1. The summed E-state index contributed by atoms with van der Waals surface area (Å²) >= 11 is 5.84. The fourth-order valence-corrected chi connectivity index (χ4v) is 2.49. The van der Waals surface area contributed by atoms with E-state index in [-0.39, 0.29) is 12.0 Å². The molecule has 112 valence electrons. The number of halogens is 2. The van der Waals surface area contributed by atoms with Crippen LogP contribution in [0.1, 0.15) is 15.9 Å². The van der Waals surface area contributed by atoms with Crippen molar-refractivity contribution >= 4 is 29.2 Å². The number of rotatable bonds is 2. The van der Waals surface area contributed by atoms with Crippen LogP contribution in [0.2, 0.25) is 5.02 Å². The summed E-state index contributed by atoms with van der Waals surface area (Å²) in [5.41, 5.74) is 1.24. The van der Waals surface area contributed by atoms with Crippen molar-refractivity contribution in [3.8, 4) is 0 Å². The zero-order valence-electron chi connectivity index (χ0n) is 11.3. The van der Waals surface area contributed by atoms with E-state index in [2.05, 4.69) is 5.32 Å². The van der Waals surface area contributed by atoms with Crippen LogP contribution in [-0.2, 0) is 16.0 Å². The Morgan fingerprint density at radius 2 is 2.09 bits per heavy atom. The molecule has 1 N–H and O–H groups in total. The van der Waals surface area contributed by atoms with E-state index in [0.717, 1.165) is 0 Å². The first-order chi connectivity index (χ1) is 10.5. The van der Waals surface area contributed by atoms with Crippen molar-refractivity contribution < 1.29 is 18.7 Å². The van der Waals surface area contributed by atoms with Crippen LogP contribution in [0.4, 0.5) is 10.1 Å². The first-order valence-corrected chi connectivity index (χ1v) is 6.96. The second-order valence-electron chi connectivity index (χ2n) is 4.90. The summed E-state index contributed by atoms with van der Waals surface area (Å²) in [5.74, 6) is -1.57. The lowest BCUT2D eigenvalue weighted by Gasteiger charge is -2.23. The van der Waals surface area contributed by atoms with Gasteiger partial charge in [-0.05, 0) is 42.0 Å². The Labute approximate surface area is 130 Å². The third-order valence-electron chi connectivity index (χ3n) is 3.33. The molecule has 2 aromatic rings. The Morgan fingerprint density at radius 1 is 1.27 bits per heavy atom. The van der Waals surface area contributed by atoms with Crippen molar-refractivity contribution in [2.24, 2.45) is 0 Å². The predicted molar refractivity (Wildman–Crippen MR) is 79.4 cm³/mol. The quantitative estimate of drug-likeness (QED) is 0.865. The van der Waals surface area contributed by atoms with Gasteiger partial charge in [0.05, 0.1) is 5.56 Å². The first-order valence-electron chi connectivity index (χ1n) is 6.59. The van der Waals surface area contributed by atoms with Crippen molar-refractivity contribution in [3.63, 3.8) is 0 Å². The molecule has 1 aliphatic heterocycles. The van der Waals surface area contributed by atoms with Crippen LogP contribution in [0.5, 0.6) is 0 Å². The van der Waals surface area contributed by atoms with E-state index in [1.807, 2.05) is 0 Å². The van der Waals surface area contributed by atoms with Gasteiger partial charge in [-0.1, -0.05) is 17.7 Å². The molecular weight excluding hydrogens is 309 g/mol. The number of fused-ring (bicyclic) bond motifs is 1. The normalized spacial score (nSPS) is 16.6. The maximum Gasteiger partial charge on any atom is 0.339 e. The molecule has 3 rings (SSSR count). The molecule has 22 heavy (non-hydrogen) atoms. The predicted octanol–water partition coefficient (Wildman–Crippen LogP) is 3.20. The molecule has 4 nitrogen and oxygen atoms in total. The smallest absolute Gasteiger partial charge is 0.339 e. The van der Waals surface area contributed by atoms with Gasteiger partial charge in [0.1, 0.15) is 5.82 Å². The maximum absolute atomic E-state index is 13.3. The standard InChI is InChI=1S/C16H11ClFNO3/c17-10-2-1-3-12(8-10)19-15(20)14-7-9-6-11(18)4-5-13(9)16(21)22-14/h1-6,8,14H,7H2,(H,19,20). The van der Waals surface area contributed by atoms with Crippen LogP contribution in [0.25, 0.3) is 0 Å². The average molecular weight is 320 g/mol. The number of benzene rings is 2. The van der Waals surface area contributed by atoms with E-state index in [4.69, 9.17) is 16.3 Å². The largest absolute Gasteiger partial charge is 0.448 e.